The second-order valence-electron chi connectivity index (χ2n) is 8.51. The van der Waals surface area contributed by atoms with Crippen LogP contribution in [0.2, 0.25) is 0 Å². The lowest BCUT2D eigenvalue weighted by Gasteiger charge is -2.34. The summed E-state index contributed by atoms with van der Waals surface area (Å²) in [6.07, 6.45) is 6.46. The van der Waals surface area contributed by atoms with E-state index in [1.54, 1.807) is 6.92 Å². The molecule has 1 atom stereocenters. The third-order valence-corrected chi connectivity index (χ3v) is 6.38. The van der Waals surface area contributed by atoms with Crippen molar-refractivity contribution in [2.45, 2.75) is 64.0 Å². The minimum atomic E-state index is 0.0107. The fourth-order valence-corrected chi connectivity index (χ4v) is 4.33. The Morgan fingerprint density at radius 3 is 2.21 bits per heavy atom. The van der Waals surface area contributed by atoms with Gasteiger partial charge in [-0.2, -0.15) is 0 Å². The van der Waals surface area contributed by atoms with E-state index in [0.717, 1.165) is 24.4 Å². The molecule has 2 aliphatic rings. The zero-order chi connectivity index (χ0) is 20.2. The number of carbonyl (C=O) groups is 1. The normalized spacial score (nSPS) is 18.8. The molecule has 1 saturated heterocycles. The smallest absolute Gasteiger partial charge is 0.217 e. The molecule has 154 valence electrons. The van der Waals surface area contributed by atoms with E-state index in [0.29, 0.717) is 12.0 Å². The second-order valence-corrected chi connectivity index (χ2v) is 8.51. The van der Waals surface area contributed by atoms with E-state index in [4.69, 9.17) is 4.74 Å². The molecule has 1 unspecified atom stereocenters. The monoisotopic (exact) mass is 392 g/mol. The molecule has 4 rings (SSSR count). The van der Waals surface area contributed by atoms with Crippen molar-refractivity contribution in [2.24, 2.45) is 0 Å². The highest BCUT2D eigenvalue weighted by atomic mass is 16.5. The van der Waals surface area contributed by atoms with Gasteiger partial charge in [0.05, 0.1) is 12.1 Å². The highest BCUT2D eigenvalue weighted by Gasteiger charge is 2.22. The van der Waals surface area contributed by atoms with Gasteiger partial charge < -0.3 is 15.0 Å². The van der Waals surface area contributed by atoms with Crippen molar-refractivity contribution in [3.8, 4) is 5.75 Å². The lowest BCUT2D eigenvalue weighted by atomic mass is 9.88. The first-order valence-electron chi connectivity index (χ1n) is 11.0. The fourth-order valence-electron chi connectivity index (χ4n) is 4.33. The van der Waals surface area contributed by atoms with Crippen LogP contribution in [0.25, 0.3) is 0 Å². The Hall–Kier alpha value is -2.49. The largest absolute Gasteiger partial charge is 0.490 e. The van der Waals surface area contributed by atoms with Gasteiger partial charge in [0.25, 0.3) is 0 Å². The molecule has 4 heteroatoms. The number of benzene rings is 2. The lowest BCUT2D eigenvalue weighted by molar-refractivity contribution is -0.119. The predicted molar refractivity (Wildman–Crippen MR) is 118 cm³/mol. The Morgan fingerprint density at radius 1 is 1.00 bits per heavy atom. The van der Waals surface area contributed by atoms with Crippen molar-refractivity contribution < 1.29 is 9.53 Å². The molecule has 1 amide bonds. The molecule has 1 aliphatic carbocycles. The van der Waals surface area contributed by atoms with E-state index < -0.39 is 0 Å². The summed E-state index contributed by atoms with van der Waals surface area (Å²) >= 11 is 0. The summed E-state index contributed by atoms with van der Waals surface area (Å²) in [7, 11) is 0. The molecule has 0 aromatic heterocycles. The molecule has 2 fully saturated rings. The summed E-state index contributed by atoms with van der Waals surface area (Å²) in [5.74, 6) is 1.62. The van der Waals surface area contributed by atoms with Crippen molar-refractivity contribution in [3.63, 3.8) is 0 Å². The summed E-state index contributed by atoms with van der Waals surface area (Å²) < 4.78 is 5.97. The van der Waals surface area contributed by atoms with Gasteiger partial charge in [-0.15, -0.1) is 0 Å². The van der Waals surface area contributed by atoms with Crippen LogP contribution >= 0.6 is 0 Å². The number of hydrogen-bond donors (Lipinski definition) is 1. The minimum Gasteiger partial charge on any atom is -0.490 e. The summed E-state index contributed by atoms with van der Waals surface area (Å²) in [4.78, 5) is 13.7. The Kier molecular flexibility index (Phi) is 6.08. The molecule has 1 N–H and O–H groups in total. The molecule has 29 heavy (non-hydrogen) atoms. The third-order valence-electron chi connectivity index (χ3n) is 6.38. The molecule has 1 saturated carbocycles. The van der Waals surface area contributed by atoms with Crippen molar-refractivity contribution in [3.05, 3.63) is 59.7 Å². The summed E-state index contributed by atoms with van der Waals surface area (Å²) in [6.45, 7) is 5.75. The number of ether oxygens (including phenoxy) is 1. The standard InChI is InChI=1S/C25H32N2O2/c1-18(26-19(2)28)20-6-8-21(9-7-20)22-14-16-27(17-15-22)23-10-12-25(13-11-23)29-24-4-3-5-24/h6-13,18,22,24H,3-5,14-17H2,1-2H3,(H,26,28). The fraction of sp³-hybridized carbons (Fsp3) is 0.480. The number of hydrogen-bond acceptors (Lipinski definition) is 3. The highest BCUT2D eigenvalue weighted by molar-refractivity contribution is 5.73. The number of nitrogens with zero attached hydrogens (tertiary/aromatic N) is 1. The van der Waals surface area contributed by atoms with Gasteiger partial charge in [0.2, 0.25) is 5.91 Å². The third kappa shape index (κ3) is 4.92. The molecule has 0 radical (unpaired) electrons. The Bertz CT molecular complexity index is 804. The highest BCUT2D eigenvalue weighted by Crippen LogP contribution is 2.32. The van der Waals surface area contributed by atoms with E-state index in [2.05, 4.69) is 58.7 Å². The molecular formula is C25H32N2O2. The number of piperidine rings is 1. The summed E-state index contributed by atoms with van der Waals surface area (Å²) in [6, 6.07) is 17.5. The van der Waals surface area contributed by atoms with Crippen LogP contribution in [0.1, 0.15) is 69.0 Å². The minimum absolute atomic E-state index is 0.0107. The maximum Gasteiger partial charge on any atom is 0.217 e. The number of anilines is 1. The number of nitrogens with one attached hydrogen (secondary N) is 1. The predicted octanol–water partition coefficient (Wildman–Crippen LogP) is 5.20. The Labute approximate surface area is 174 Å². The van der Waals surface area contributed by atoms with Crippen LogP contribution in [0.15, 0.2) is 48.5 Å². The first-order chi connectivity index (χ1) is 14.1. The lowest BCUT2D eigenvalue weighted by Crippen LogP contribution is -2.32. The molecule has 1 heterocycles. The van der Waals surface area contributed by atoms with Crippen LogP contribution < -0.4 is 15.0 Å². The van der Waals surface area contributed by atoms with Gasteiger partial charge in [0.1, 0.15) is 5.75 Å². The van der Waals surface area contributed by atoms with Crippen LogP contribution in [0, 0.1) is 0 Å². The summed E-state index contributed by atoms with van der Waals surface area (Å²) in [5.41, 5.74) is 3.86. The topological polar surface area (TPSA) is 41.6 Å². The first kappa shape index (κ1) is 19.8. The van der Waals surface area contributed by atoms with Crippen molar-refractivity contribution >= 4 is 11.6 Å². The van der Waals surface area contributed by atoms with E-state index in [1.165, 1.54) is 43.4 Å². The maximum absolute atomic E-state index is 11.2. The van der Waals surface area contributed by atoms with Crippen molar-refractivity contribution in [1.29, 1.82) is 0 Å². The van der Waals surface area contributed by atoms with Crippen LogP contribution in [-0.4, -0.2) is 25.1 Å². The number of rotatable bonds is 6. The van der Waals surface area contributed by atoms with Gasteiger partial charge in [0, 0.05) is 25.7 Å². The zero-order valence-corrected chi connectivity index (χ0v) is 17.6. The van der Waals surface area contributed by atoms with Crippen molar-refractivity contribution in [2.75, 3.05) is 18.0 Å². The molecule has 2 aromatic carbocycles. The van der Waals surface area contributed by atoms with E-state index >= 15 is 0 Å². The number of carbonyl (C=O) groups excluding carboxylic acids is 1. The SMILES string of the molecule is CC(=O)NC(C)c1ccc(C2CCN(c3ccc(OC4CCC4)cc3)CC2)cc1. The van der Waals surface area contributed by atoms with Crippen LogP contribution in [0.3, 0.4) is 0 Å². The molecule has 4 nitrogen and oxygen atoms in total. The Morgan fingerprint density at radius 2 is 1.66 bits per heavy atom. The van der Waals surface area contributed by atoms with Crippen LogP contribution in [-0.2, 0) is 4.79 Å². The number of amides is 1. The van der Waals surface area contributed by atoms with Gasteiger partial charge in [-0.25, -0.2) is 0 Å². The van der Waals surface area contributed by atoms with Gasteiger partial charge in [-0.05, 0) is 80.3 Å². The molecule has 2 aromatic rings. The van der Waals surface area contributed by atoms with Gasteiger partial charge in [-0.1, -0.05) is 24.3 Å². The summed E-state index contributed by atoms with van der Waals surface area (Å²) in [5, 5.41) is 2.95. The van der Waals surface area contributed by atoms with Crippen LogP contribution in [0.4, 0.5) is 5.69 Å². The first-order valence-corrected chi connectivity index (χ1v) is 11.0. The second kappa shape index (κ2) is 8.89. The zero-order valence-electron chi connectivity index (χ0n) is 17.6. The van der Waals surface area contributed by atoms with Gasteiger partial charge in [0.15, 0.2) is 0 Å². The molecule has 0 bridgehead atoms. The van der Waals surface area contributed by atoms with Gasteiger partial charge >= 0.3 is 0 Å². The molecule has 0 spiro atoms. The van der Waals surface area contributed by atoms with E-state index in [1.807, 2.05) is 6.92 Å². The maximum atomic E-state index is 11.2. The van der Waals surface area contributed by atoms with Gasteiger partial charge in [-0.3, -0.25) is 4.79 Å². The molecule has 1 aliphatic heterocycles. The van der Waals surface area contributed by atoms with Crippen LogP contribution in [0.5, 0.6) is 5.75 Å². The quantitative estimate of drug-likeness (QED) is 0.735. The average Bonchev–Trinajstić information content (AvgIpc) is 2.71. The van der Waals surface area contributed by atoms with Crippen molar-refractivity contribution in [1.82, 2.24) is 5.32 Å². The average molecular weight is 393 g/mol. The molecular weight excluding hydrogens is 360 g/mol. The Balaban J connectivity index is 1.30. The van der Waals surface area contributed by atoms with E-state index in [-0.39, 0.29) is 11.9 Å². The van der Waals surface area contributed by atoms with E-state index in [9.17, 15) is 4.79 Å².